The maximum atomic E-state index is 13.6. The van der Waals surface area contributed by atoms with Gasteiger partial charge in [-0.1, -0.05) is 53.4 Å². The van der Waals surface area contributed by atoms with Crippen LogP contribution in [0.3, 0.4) is 0 Å². The van der Waals surface area contributed by atoms with Gasteiger partial charge in [-0.2, -0.15) is 0 Å². The van der Waals surface area contributed by atoms with Gasteiger partial charge in [0.15, 0.2) is 4.34 Å². The smallest absolute Gasteiger partial charge is 0.282 e. The van der Waals surface area contributed by atoms with Gasteiger partial charge in [0.25, 0.3) is 11.6 Å². The number of amides is 1. The molecule has 3 rings (SSSR count). The number of hydrogen-bond donors (Lipinski definition) is 1. The number of nitro groups is 1. The van der Waals surface area contributed by atoms with Crippen molar-refractivity contribution in [3.63, 3.8) is 0 Å². The zero-order valence-corrected chi connectivity index (χ0v) is 14.7. The number of hydrogen-bond acceptors (Lipinski definition) is 7. The van der Waals surface area contributed by atoms with Crippen LogP contribution in [0, 0.1) is 15.9 Å². The van der Waals surface area contributed by atoms with Gasteiger partial charge in [-0.05, 0) is 17.7 Å². The van der Waals surface area contributed by atoms with Gasteiger partial charge < -0.3 is 0 Å². The van der Waals surface area contributed by atoms with Crippen molar-refractivity contribution in [2.75, 3.05) is 5.32 Å². The van der Waals surface area contributed by atoms with Crippen molar-refractivity contribution >= 4 is 39.8 Å². The molecule has 0 unspecified atom stereocenters. The average Bonchev–Trinajstić information content (AvgIpc) is 3.08. The normalized spacial score (nSPS) is 10.5. The molecule has 0 saturated heterocycles. The van der Waals surface area contributed by atoms with Gasteiger partial charge in [0.1, 0.15) is 11.4 Å². The first-order valence-corrected chi connectivity index (χ1v) is 9.09. The number of benzene rings is 2. The molecule has 1 aromatic heterocycles. The van der Waals surface area contributed by atoms with E-state index >= 15 is 0 Å². The van der Waals surface area contributed by atoms with E-state index in [9.17, 15) is 19.3 Å². The van der Waals surface area contributed by atoms with E-state index in [1.165, 1.54) is 42.1 Å². The van der Waals surface area contributed by atoms with Gasteiger partial charge in [0, 0.05) is 11.8 Å². The number of halogens is 1. The van der Waals surface area contributed by atoms with Crippen molar-refractivity contribution < 1.29 is 14.1 Å². The van der Waals surface area contributed by atoms with Crippen LogP contribution in [0.4, 0.5) is 15.2 Å². The van der Waals surface area contributed by atoms with Crippen LogP contribution in [0.1, 0.15) is 15.9 Å². The third-order valence-corrected chi connectivity index (χ3v) is 5.30. The Hall–Kier alpha value is -2.85. The van der Waals surface area contributed by atoms with E-state index in [1.54, 1.807) is 18.2 Å². The molecule has 0 aliphatic heterocycles. The molecule has 132 valence electrons. The summed E-state index contributed by atoms with van der Waals surface area (Å²) in [4.78, 5) is 22.6. The first-order valence-electron chi connectivity index (χ1n) is 7.29. The molecule has 0 aliphatic carbocycles. The van der Waals surface area contributed by atoms with Crippen LogP contribution in [-0.2, 0) is 5.75 Å². The fraction of sp³-hybridized carbons (Fsp3) is 0.0625. The van der Waals surface area contributed by atoms with Crippen molar-refractivity contribution in [2.45, 2.75) is 10.1 Å². The molecular formula is C16H11FN4O3S2. The van der Waals surface area contributed by atoms with E-state index in [2.05, 4.69) is 15.5 Å². The van der Waals surface area contributed by atoms with Crippen molar-refractivity contribution in [3.05, 3.63) is 75.6 Å². The predicted octanol–water partition coefficient (Wildman–Crippen LogP) is 4.13. The minimum Gasteiger partial charge on any atom is -0.296 e. The number of carbonyl (C=O) groups is 1. The van der Waals surface area contributed by atoms with E-state index < -0.39 is 10.8 Å². The van der Waals surface area contributed by atoms with Crippen LogP contribution in [0.5, 0.6) is 0 Å². The first kappa shape index (κ1) is 18.0. The van der Waals surface area contributed by atoms with Gasteiger partial charge in [-0.25, -0.2) is 4.39 Å². The summed E-state index contributed by atoms with van der Waals surface area (Å²) in [6, 6.07) is 12.1. The third kappa shape index (κ3) is 4.21. The van der Waals surface area contributed by atoms with E-state index in [-0.39, 0.29) is 22.2 Å². The fourth-order valence-electron chi connectivity index (χ4n) is 2.06. The van der Waals surface area contributed by atoms with Crippen LogP contribution < -0.4 is 5.32 Å². The molecule has 0 radical (unpaired) electrons. The average molecular weight is 390 g/mol. The van der Waals surface area contributed by atoms with E-state index in [4.69, 9.17) is 0 Å². The van der Waals surface area contributed by atoms with Crippen LogP contribution in [-0.4, -0.2) is 21.0 Å². The molecule has 1 N–H and O–H groups in total. The van der Waals surface area contributed by atoms with Crippen LogP contribution in [0.25, 0.3) is 0 Å². The number of nitro benzene ring substituents is 1. The van der Waals surface area contributed by atoms with Gasteiger partial charge in [0.2, 0.25) is 5.13 Å². The second kappa shape index (κ2) is 8.02. The molecule has 10 heteroatoms. The Labute approximate surface area is 155 Å². The zero-order valence-electron chi connectivity index (χ0n) is 13.1. The van der Waals surface area contributed by atoms with Crippen LogP contribution in [0.15, 0.2) is 52.9 Å². The molecule has 2 aromatic carbocycles. The van der Waals surface area contributed by atoms with Crippen molar-refractivity contribution in [2.24, 2.45) is 0 Å². The molecule has 0 fully saturated rings. The number of nitrogens with one attached hydrogen (secondary N) is 1. The third-order valence-electron chi connectivity index (χ3n) is 3.28. The number of thioether (sulfide) groups is 1. The number of rotatable bonds is 6. The lowest BCUT2D eigenvalue weighted by Crippen LogP contribution is -2.13. The molecule has 1 amide bonds. The van der Waals surface area contributed by atoms with Gasteiger partial charge in [-0.15, -0.1) is 10.2 Å². The van der Waals surface area contributed by atoms with E-state index in [0.717, 1.165) is 11.3 Å². The van der Waals surface area contributed by atoms with Crippen LogP contribution >= 0.6 is 23.1 Å². The number of nitrogens with zero attached hydrogens (tertiary/aromatic N) is 3. The Balaban J connectivity index is 1.66. The Morgan fingerprint density at radius 2 is 1.92 bits per heavy atom. The van der Waals surface area contributed by atoms with Crippen molar-refractivity contribution in [1.29, 1.82) is 0 Å². The Morgan fingerprint density at radius 1 is 1.19 bits per heavy atom. The Morgan fingerprint density at radius 3 is 2.69 bits per heavy atom. The minimum absolute atomic E-state index is 0.0618. The molecule has 0 bridgehead atoms. The second-order valence-electron chi connectivity index (χ2n) is 4.98. The predicted molar refractivity (Wildman–Crippen MR) is 96.9 cm³/mol. The lowest BCUT2D eigenvalue weighted by Gasteiger charge is -2.02. The zero-order chi connectivity index (χ0) is 18.5. The van der Waals surface area contributed by atoms with Gasteiger partial charge in [0.05, 0.1) is 4.92 Å². The molecular weight excluding hydrogens is 379 g/mol. The topological polar surface area (TPSA) is 98.0 Å². The molecule has 0 atom stereocenters. The number of aromatic nitrogens is 2. The highest BCUT2D eigenvalue weighted by atomic mass is 32.2. The van der Waals surface area contributed by atoms with Crippen LogP contribution in [0.2, 0.25) is 0 Å². The standard InChI is InChI=1S/C16H11FN4O3S2/c17-12-7-3-1-5-10(12)9-25-16-20-19-15(26-16)18-14(22)11-6-2-4-8-13(11)21(23)24/h1-8H,9H2,(H,18,19,22). The summed E-state index contributed by atoms with van der Waals surface area (Å²) in [5.41, 5.74) is 0.190. The molecule has 1 heterocycles. The Kier molecular flexibility index (Phi) is 5.54. The summed E-state index contributed by atoms with van der Waals surface area (Å²) >= 11 is 2.40. The highest BCUT2D eigenvalue weighted by molar-refractivity contribution is 8.00. The van der Waals surface area contributed by atoms with Gasteiger partial charge >= 0.3 is 0 Å². The second-order valence-corrected chi connectivity index (χ2v) is 7.18. The number of anilines is 1. The van der Waals surface area contributed by atoms with E-state index in [1.807, 2.05) is 0 Å². The van der Waals surface area contributed by atoms with Gasteiger partial charge in [-0.3, -0.25) is 20.2 Å². The lowest BCUT2D eigenvalue weighted by atomic mass is 10.1. The highest BCUT2D eigenvalue weighted by Crippen LogP contribution is 2.29. The lowest BCUT2D eigenvalue weighted by molar-refractivity contribution is -0.385. The summed E-state index contributed by atoms with van der Waals surface area (Å²) in [7, 11) is 0. The number of para-hydroxylation sites is 1. The quantitative estimate of drug-likeness (QED) is 0.294. The summed E-state index contributed by atoms with van der Waals surface area (Å²) in [5, 5.41) is 21.5. The first-order chi connectivity index (χ1) is 12.5. The van der Waals surface area contributed by atoms with Crippen molar-refractivity contribution in [1.82, 2.24) is 10.2 Å². The van der Waals surface area contributed by atoms with Crippen molar-refractivity contribution in [3.8, 4) is 0 Å². The maximum absolute atomic E-state index is 13.6. The molecule has 3 aromatic rings. The Bertz CT molecular complexity index is 964. The molecule has 7 nitrogen and oxygen atoms in total. The summed E-state index contributed by atoms with van der Waals surface area (Å²) in [6.45, 7) is 0. The largest absolute Gasteiger partial charge is 0.296 e. The SMILES string of the molecule is O=C(Nc1nnc(SCc2ccccc2F)s1)c1ccccc1[N+](=O)[O-]. The minimum atomic E-state index is -0.640. The molecule has 0 aliphatic rings. The maximum Gasteiger partial charge on any atom is 0.282 e. The fourth-order valence-corrected chi connectivity index (χ4v) is 3.80. The number of carbonyl (C=O) groups excluding carboxylic acids is 1. The van der Waals surface area contributed by atoms with E-state index in [0.29, 0.717) is 15.7 Å². The summed E-state index contributed by atoms with van der Waals surface area (Å²) in [5.74, 6) is -0.562. The molecule has 26 heavy (non-hydrogen) atoms. The summed E-state index contributed by atoms with van der Waals surface area (Å²) in [6.07, 6.45) is 0. The monoisotopic (exact) mass is 390 g/mol. The molecule has 0 saturated carbocycles. The highest BCUT2D eigenvalue weighted by Gasteiger charge is 2.20. The molecule has 0 spiro atoms. The summed E-state index contributed by atoms with van der Waals surface area (Å²) < 4.78 is 14.1.